The molecule has 4 aliphatic rings. The summed E-state index contributed by atoms with van der Waals surface area (Å²) in [7, 11) is 1.45. The molecule has 7 rings (SSSR count). The predicted octanol–water partition coefficient (Wildman–Crippen LogP) is 5.59. The first-order valence-electron chi connectivity index (χ1n) is 14.8. The average Bonchev–Trinajstić information content (AvgIpc) is 3.38. The number of hydrogen-bond acceptors (Lipinski definition) is 6. The van der Waals surface area contributed by atoms with Crippen molar-refractivity contribution >= 4 is 45.2 Å². The third kappa shape index (κ3) is 4.01. The van der Waals surface area contributed by atoms with Crippen LogP contribution in [0.1, 0.15) is 36.8 Å². The lowest BCUT2D eigenvalue weighted by Gasteiger charge is -2.49. The number of anilines is 1. The van der Waals surface area contributed by atoms with E-state index in [1.807, 2.05) is 42.5 Å². The van der Waals surface area contributed by atoms with Gasteiger partial charge in [-0.15, -0.1) is 0 Å². The molecule has 6 unspecified atom stereocenters. The normalized spacial score (nSPS) is 29.3. The lowest BCUT2D eigenvalue weighted by Crippen LogP contribution is -2.48. The molecule has 0 radical (unpaired) electrons. The van der Waals surface area contributed by atoms with E-state index in [0.717, 1.165) is 11.1 Å². The summed E-state index contributed by atoms with van der Waals surface area (Å²) in [6, 6.07) is 21.6. The number of phenolic OH excluding ortho intramolecular Hbond substituents is 1. The quantitative estimate of drug-likeness (QED) is 0.284. The van der Waals surface area contributed by atoms with Crippen molar-refractivity contribution in [2.24, 2.45) is 29.1 Å². The Kier molecular flexibility index (Phi) is 6.77. The molecule has 44 heavy (non-hydrogen) atoms. The second kappa shape index (κ2) is 10.4. The molecule has 224 valence electrons. The summed E-state index contributed by atoms with van der Waals surface area (Å²) >= 11 is 3.53. The number of ether oxygens (including phenoxy) is 1. The van der Waals surface area contributed by atoms with Crippen LogP contribution in [0.15, 0.2) is 88.9 Å². The summed E-state index contributed by atoms with van der Waals surface area (Å²) in [5.41, 5.74) is 1.31. The largest absolute Gasteiger partial charge is 0.504 e. The number of methoxy groups -OCH3 is 1. The number of halogens is 1. The lowest BCUT2D eigenvalue weighted by molar-refractivity contribution is -0.141. The second-order valence-corrected chi connectivity index (χ2v) is 13.2. The Bertz CT molecular complexity index is 1740. The van der Waals surface area contributed by atoms with Gasteiger partial charge in [0.1, 0.15) is 0 Å². The number of aromatic hydroxyl groups is 1. The molecular formula is C35H31BrN2O6. The van der Waals surface area contributed by atoms with Crippen LogP contribution < -0.4 is 9.64 Å². The van der Waals surface area contributed by atoms with Crippen LogP contribution in [0.2, 0.25) is 0 Å². The lowest BCUT2D eigenvalue weighted by atomic mass is 9.51. The highest BCUT2D eigenvalue weighted by molar-refractivity contribution is 9.10. The van der Waals surface area contributed by atoms with Crippen LogP contribution >= 0.6 is 15.9 Å². The van der Waals surface area contributed by atoms with Crippen molar-refractivity contribution in [2.75, 3.05) is 12.0 Å². The molecule has 2 heterocycles. The van der Waals surface area contributed by atoms with Gasteiger partial charge in [-0.05, 0) is 55.5 Å². The topological polar surface area (TPSA) is 104 Å². The SMILES string of the molecule is COc1cc(Br)cc(C2C3=CCC4C(=O)N(Cc5ccccc5)C(=O)C4C3CC3C(=O)N(c4ccccc4)C(=O)C32C)c1O. The third-order valence-electron chi connectivity index (χ3n) is 10.2. The molecule has 2 saturated heterocycles. The minimum absolute atomic E-state index is 0.123. The first-order valence-corrected chi connectivity index (χ1v) is 15.5. The number of benzene rings is 3. The number of carbonyl (C=O) groups is 4. The number of carbonyl (C=O) groups excluding carboxylic acids is 4. The number of likely N-dealkylation sites (tertiary alicyclic amines) is 1. The molecule has 8 nitrogen and oxygen atoms in total. The highest BCUT2D eigenvalue weighted by Gasteiger charge is 2.68. The Balaban J connectivity index is 1.37. The van der Waals surface area contributed by atoms with Crippen LogP contribution in [0, 0.1) is 29.1 Å². The molecule has 2 aliphatic carbocycles. The second-order valence-electron chi connectivity index (χ2n) is 12.3. The van der Waals surface area contributed by atoms with E-state index >= 15 is 0 Å². The monoisotopic (exact) mass is 654 g/mol. The van der Waals surface area contributed by atoms with E-state index in [0.29, 0.717) is 22.1 Å². The molecule has 0 aromatic heterocycles. The minimum atomic E-state index is -1.26. The number of imide groups is 2. The fraction of sp³-hybridized carbons (Fsp3) is 0.314. The predicted molar refractivity (Wildman–Crippen MR) is 165 cm³/mol. The summed E-state index contributed by atoms with van der Waals surface area (Å²) < 4.78 is 6.12. The third-order valence-corrected chi connectivity index (χ3v) is 10.6. The van der Waals surface area contributed by atoms with Gasteiger partial charge in [-0.2, -0.15) is 0 Å². The van der Waals surface area contributed by atoms with E-state index in [9.17, 15) is 24.3 Å². The summed E-state index contributed by atoms with van der Waals surface area (Å²) in [6.07, 6.45) is 2.56. The maximum absolute atomic E-state index is 14.5. The summed E-state index contributed by atoms with van der Waals surface area (Å²) in [5.74, 6) is -4.26. The van der Waals surface area contributed by atoms with Crippen molar-refractivity contribution in [1.82, 2.24) is 4.90 Å². The van der Waals surface area contributed by atoms with Crippen molar-refractivity contribution in [3.8, 4) is 11.5 Å². The smallest absolute Gasteiger partial charge is 0.241 e. The van der Waals surface area contributed by atoms with Crippen molar-refractivity contribution in [1.29, 1.82) is 0 Å². The molecule has 3 fully saturated rings. The Morgan fingerprint density at radius 1 is 0.932 bits per heavy atom. The number of nitrogens with zero attached hydrogens (tertiary/aromatic N) is 2. The Labute approximate surface area is 263 Å². The summed E-state index contributed by atoms with van der Waals surface area (Å²) in [5, 5.41) is 11.5. The number of amides is 4. The van der Waals surface area contributed by atoms with E-state index in [1.54, 1.807) is 43.3 Å². The number of phenols is 1. The summed E-state index contributed by atoms with van der Waals surface area (Å²) in [4.78, 5) is 59.2. The molecule has 3 aromatic carbocycles. The molecule has 1 saturated carbocycles. The van der Waals surface area contributed by atoms with Crippen LogP contribution in [-0.4, -0.2) is 40.7 Å². The number of para-hydroxylation sites is 1. The minimum Gasteiger partial charge on any atom is -0.504 e. The van der Waals surface area contributed by atoms with Gasteiger partial charge >= 0.3 is 0 Å². The highest BCUT2D eigenvalue weighted by Crippen LogP contribution is 2.65. The Hall–Kier alpha value is -4.24. The van der Waals surface area contributed by atoms with Gasteiger partial charge in [0.15, 0.2) is 11.5 Å². The van der Waals surface area contributed by atoms with Gasteiger partial charge in [0.25, 0.3) is 0 Å². The van der Waals surface area contributed by atoms with Crippen LogP contribution in [0.5, 0.6) is 11.5 Å². The fourth-order valence-electron chi connectivity index (χ4n) is 8.14. The van der Waals surface area contributed by atoms with Gasteiger partial charge in [0, 0.05) is 16.0 Å². The molecule has 2 aliphatic heterocycles. The van der Waals surface area contributed by atoms with E-state index in [-0.39, 0.29) is 48.1 Å². The molecule has 1 N–H and O–H groups in total. The fourth-order valence-corrected chi connectivity index (χ4v) is 8.59. The van der Waals surface area contributed by atoms with Gasteiger partial charge in [0.2, 0.25) is 23.6 Å². The van der Waals surface area contributed by atoms with Crippen LogP contribution in [0.25, 0.3) is 0 Å². The van der Waals surface area contributed by atoms with Crippen LogP contribution in [-0.2, 0) is 25.7 Å². The maximum Gasteiger partial charge on any atom is 0.241 e. The van der Waals surface area contributed by atoms with Gasteiger partial charge < -0.3 is 9.84 Å². The van der Waals surface area contributed by atoms with Crippen molar-refractivity contribution in [3.05, 3.63) is 100 Å². The van der Waals surface area contributed by atoms with Crippen LogP contribution in [0.4, 0.5) is 5.69 Å². The molecule has 0 spiro atoms. The van der Waals surface area contributed by atoms with E-state index < -0.39 is 35.0 Å². The first kappa shape index (κ1) is 28.5. The average molecular weight is 656 g/mol. The summed E-state index contributed by atoms with van der Waals surface area (Å²) in [6.45, 7) is 1.98. The molecule has 6 atom stereocenters. The molecule has 0 bridgehead atoms. The Morgan fingerprint density at radius 2 is 1.61 bits per heavy atom. The zero-order chi connectivity index (χ0) is 30.9. The van der Waals surface area contributed by atoms with Gasteiger partial charge in [-0.3, -0.25) is 24.1 Å². The van der Waals surface area contributed by atoms with Crippen molar-refractivity contribution in [3.63, 3.8) is 0 Å². The van der Waals surface area contributed by atoms with Gasteiger partial charge in [-0.1, -0.05) is 76.1 Å². The molecule has 4 amide bonds. The first-order chi connectivity index (χ1) is 21.2. The van der Waals surface area contributed by atoms with Gasteiger partial charge in [0.05, 0.1) is 42.5 Å². The number of allylic oxidation sites excluding steroid dienone is 2. The van der Waals surface area contributed by atoms with E-state index in [4.69, 9.17) is 4.74 Å². The zero-order valence-corrected chi connectivity index (χ0v) is 25.9. The molecule has 9 heteroatoms. The van der Waals surface area contributed by atoms with Gasteiger partial charge in [-0.25, -0.2) is 4.90 Å². The highest BCUT2D eigenvalue weighted by atomic mass is 79.9. The van der Waals surface area contributed by atoms with E-state index in [2.05, 4.69) is 15.9 Å². The standard InChI is InChI=1S/C35H31BrN2O6/c1-35-26(32(41)38(34(35)43)21-11-7-4-8-12-21)17-24-22(29(35)25-15-20(36)16-27(44-2)30(25)39)13-14-23-28(24)33(42)37(31(23)40)18-19-9-5-3-6-10-19/h3-13,15-16,23-24,26,28-29,39H,14,17-18H2,1-2H3. The number of hydrogen-bond donors (Lipinski definition) is 1. The maximum atomic E-state index is 14.5. The van der Waals surface area contributed by atoms with Crippen LogP contribution in [0.3, 0.4) is 0 Å². The van der Waals surface area contributed by atoms with Crippen molar-refractivity contribution in [2.45, 2.75) is 32.2 Å². The van der Waals surface area contributed by atoms with E-state index in [1.165, 1.54) is 16.9 Å². The zero-order valence-electron chi connectivity index (χ0n) is 24.3. The molecule has 3 aromatic rings. The molecular weight excluding hydrogens is 624 g/mol. The number of fused-ring (bicyclic) bond motifs is 4. The van der Waals surface area contributed by atoms with Crippen molar-refractivity contribution < 1.29 is 29.0 Å². The Morgan fingerprint density at radius 3 is 2.30 bits per heavy atom. The number of rotatable bonds is 5.